The molecule has 4 heteroatoms. The van der Waals surface area contributed by atoms with Gasteiger partial charge in [-0.25, -0.2) is 0 Å². The second-order valence-corrected chi connectivity index (χ2v) is 4.62. The van der Waals surface area contributed by atoms with Crippen molar-refractivity contribution in [3.8, 4) is 0 Å². The van der Waals surface area contributed by atoms with Crippen LogP contribution in [0.25, 0.3) is 0 Å². The van der Waals surface area contributed by atoms with E-state index in [0.717, 1.165) is 32.4 Å². The molecule has 0 aromatic carbocycles. The second-order valence-electron chi connectivity index (χ2n) is 4.62. The highest BCUT2D eigenvalue weighted by molar-refractivity contribution is 5.76. The molecule has 1 aliphatic rings. The Balaban J connectivity index is 2.27. The Bertz CT molecular complexity index is 233. The fourth-order valence-corrected chi connectivity index (χ4v) is 2.33. The van der Waals surface area contributed by atoms with E-state index in [0.29, 0.717) is 25.2 Å². The third-order valence-corrected chi connectivity index (χ3v) is 3.37. The van der Waals surface area contributed by atoms with Crippen molar-refractivity contribution in [3.63, 3.8) is 0 Å². The molecule has 0 radical (unpaired) electrons. The summed E-state index contributed by atoms with van der Waals surface area (Å²) in [6.45, 7) is 6.31. The van der Waals surface area contributed by atoms with Gasteiger partial charge in [-0.05, 0) is 33.1 Å². The van der Waals surface area contributed by atoms with Gasteiger partial charge < -0.3 is 14.4 Å². The average Bonchev–Trinajstić information content (AvgIpc) is 2.34. The first-order valence-corrected chi connectivity index (χ1v) is 6.59. The second kappa shape index (κ2) is 7.67. The number of rotatable bonds is 6. The number of nitrogens with zero attached hydrogens (tertiary/aromatic N) is 1. The maximum atomic E-state index is 12.0. The molecule has 100 valence electrons. The number of methoxy groups -OCH3 is 1. The van der Waals surface area contributed by atoms with Crippen LogP contribution in [0.5, 0.6) is 0 Å². The zero-order valence-corrected chi connectivity index (χ0v) is 11.3. The van der Waals surface area contributed by atoms with Gasteiger partial charge in [0, 0.05) is 39.3 Å². The van der Waals surface area contributed by atoms with Gasteiger partial charge in [-0.2, -0.15) is 0 Å². The molecule has 0 saturated carbocycles. The van der Waals surface area contributed by atoms with E-state index in [1.807, 2.05) is 11.8 Å². The molecule has 2 atom stereocenters. The van der Waals surface area contributed by atoms with Crippen molar-refractivity contribution in [2.45, 2.75) is 51.7 Å². The zero-order valence-electron chi connectivity index (χ0n) is 11.3. The summed E-state index contributed by atoms with van der Waals surface area (Å²) in [6, 6.07) is 0.299. The van der Waals surface area contributed by atoms with E-state index in [-0.39, 0.29) is 5.91 Å². The molecular formula is C13H25NO3. The highest BCUT2D eigenvalue weighted by Crippen LogP contribution is 2.20. The lowest BCUT2D eigenvalue weighted by Crippen LogP contribution is -2.46. The van der Waals surface area contributed by atoms with Crippen molar-refractivity contribution in [2.24, 2.45) is 0 Å². The summed E-state index contributed by atoms with van der Waals surface area (Å²) < 4.78 is 10.6. The molecule has 4 nitrogen and oxygen atoms in total. The van der Waals surface area contributed by atoms with Crippen LogP contribution < -0.4 is 0 Å². The monoisotopic (exact) mass is 243 g/mol. The maximum absolute atomic E-state index is 12.0. The van der Waals surface area contributed by atoms with Crippen molar-refractivity contribution in [2.75, 3.05) is 26.9 Å². The Morgan fingerprint density at radius 3 is 2.82 bits per heavy atom. The van der Waals surface area contributed by atoms with E-state index in [1.54, 1.807) is 7.11 Å². The molecule has 1 fully saturated rings. The minimum absolute atomic E-state index is 0.256. The molecular weight excluding hydrogens is 218 g/mol. The summed E-state index contributed by atoms with van der Waals surface area (Å²) >= 11 is 0. The van der Waals surface area contributed by atoms with E-state index in [2.05, 4.69) is 6.92 Å². The molecule has 0 N–H and O–H groups in total. The summed E-state index contributed by atoms with van der Waals surface area (Å²) in [5.74, 6) is 0.256. The van der Waals surface area contributed by atoms with E-state index >= 15 is 0 Å². The van der Waals surface area contributed by atoms with Gasteiger partial charge in [0.15, 0.2) is 0 Å². The van der Waals surface area contributed by atoms with E-state index in [1.165, 1.54) is 0 Å². The highest BCUT2D eigenvalue weighted by Gasteiger charge is 2.28. The van der Waals surface area contributed by atoms with Crippen molar-refractivity contribution in [3.05, 3.63) is 0 Å². The number of piperidine rings is 1. The molecule has 1 amide bonds. The highest BCUT2D eigenvalue weighted by atomic mass is 16.5. The van der Waals surface area contributed by atoms with Crippen LogP contribution in [0.15, 0.2) is 0 Å². The molecule has 1 saturated heterocycles. The van der Waals surface area contributed by atoms with Gasteiger partial charge in [0.05, 0.1) is 6.10 Å². The normalized spacial score (nSPS) is 25.0. The van der Waals surface area contributed by atoms with Gasteiger partial charge in [0.25, 0.3) is 0 Å². The van der Waals surface area contributed by atoms with Crippen LogP contribution in [0.4, 0.5) is 0 Å². The Morgan fingerprint density at radius 2 is 2.24 bits per heavy atom. The van der Waals surface area contributed by atoms with Crippen molar-refractivity contribution in [1.82, 2.24) is 4.90 Å². The van der Waals surface area contributed by atoms with Gasteiger partial charge >= 0.3 is 0 Å². The van der Waals surface area contributed by atoms with E-state index < -0.39 is 0 Å². The SMILES string of the molecule is CCOCCCC(=O)N1CC[C@@H](OC)C[C@@H]1C. The molecule has 1 heterocycles. The van der Waals surface area contributed by atoms with Gasteiger partial charge in [0.2, 0.25) is 5.91 Å². The number of hydrogen-bond donors (Lipinski definition) is 0. The van der Waals surface area contributed by atoms with Gasteiger partial charge in [-0.15, -0.1) is 0 Å². The third-order valence-electron chi connectivity index (χ3n) is 3.37. The molecule has 0 unspecified atom stereocenters. The first-order valence-electron chi connectivity index (χ1n) is 6.59. The average molecular weight is 243 g/mol. The molecule has 0 aliphatic carbocycles. The number of ether oxygens (including phenoxy) is 2. The van der Waals surface area contributed by atoms with Crippen LogP contribution in [0.3, 0.4) is 0 Å². The topological polar surface area (TPSA) is 38.8 Å². The lowest BCUT2D eigenvalue weighted by molar-refractivity contribution is -0.136. The van der Waals surface area contributed by atoms with E-state index in [4.69, 9.17) is 9.47 Å². The molecule has 1 rings (SSSR count). The Hall–Kier alpha value is -0.610. The smallest absolute Gasteiger partial charge is 0.222 e. The Morgan fingerprint density at radius 1 is 1.47 bits per heavy atom. The quantitative estimate of drug-likeness (QED) is 0.668. The summed E-state index contributed by atoms with van der Waals surface area (Å²) in [5.41, 5.74) is 0. The van der Waals surface area contributed by atoms with Gasteiger partial charge in [0.1, 0.15) is 0 Å². The van der Waals surface area contributed by atoms with Crippen LogP contribution in [-0.4, -0.2) is 49.8 Å². The lowest BCUT2D eigenvalue weighted by Gasteiger charge is -2.37. The molecule has 0 spiro atoms. The first-order chi connectivity index (χ1) is 8.19. The Labute approximate surface area is 104 Å². The fourth-order valence-electron chi connectivity index (χ4n) is 2.33. The summed E-state index contributed by atoms with van der Waals surface area (Å²) in [7, 11) is 1.75. The number of hydrogen-bond acceptors (Lipinski definition) is 3. The molecule has 0 aromatic rings. The largest absolute Gasteiger partial charge is 0.382 e. The minimum atomic E-state index is 0.256. The number of amides is 1. The van der Waals surface area contributed by atoms with Crippen LogP contribution in [0.1, 0.15) is 39.5 Å². The Kier molecular flexibility index (Phi) is 6.52. The predicted octanol–water partition coefficient (Wildman–Crippen LogP) is 1.83. The van der Waals surface area contributed by atoms with Gasteiger partial charge in [-0.1, -0.05) is 0 Å². The van der Waals surface area contributed by atoms with Gasteiger partial charge in [-0.3, -0.25) is 4.79 Å². The van der Waals surface area contributed by atoms with Crippen LogP contribution in [0.2, 0.25) is 0 Å². The maximum Gasteiger partial charge on any atom is 0.222 e. The number of likely N-dealkylation sites (tertiary alicyclic amines) is 1. The molecule has 0 bridgehead atoms. The summed E-state index contributed by atoms with van der Waals surface area (Å²) in [5, 5.41) is 0. The molecule has 0 aromatic heterocycles. The lowest BCUT2D eigenvalue weighted by atomic mass is 10.00. The summed E-state index contributed by atoms with van der Waals surface area (Å²) in [6.07, 6.45) is 3.65. The van der Waals surface area contributed by atoms with E-state index in [9.17, 15) is 4.79 Å². The molecule has 17 heavy (non-hydrogen) atoms. The standard InChI is InChI=1S/C13H25NO3/c1-4-17-9-5-6-13(15)14-8-7-12(16-3)10-11(14)2/h11-12H,4-10H2,1-3H3/t11-,12+/m0/s1. The number of carbonyl (C=O) groups excluding carboxylic acids is 1. The third kappa shape index (κ3) is 4.64. The minimum Gasteiger partial charge on any atom is -0.382 e. The first kappa shape index (κ1) is 14.5. The van der Waals surface area contributed by atoms with Crippen LogP contribution >= 0.6 is 0 Å². The number of carbonyl (C=O) groups is 1. The van der Waals surface area contributed by atoms with Crippen molar-refractivity contribution < 1.29 is 14.3 Å². The zero-order chi connectivity index (χ0) is 12.7. The predicted molar refractivity (Wildman–Crippen MR) is 66.9 cm³/mol. The molecule has 1 aliphatic heterocycles. The van der Waals surface area contributed by atoms with Crippen LogP contribution in [-0.2, 0) is 14.3 Å². The van der Waals surface area contributed by atoms with Crippen molar-refractivity contribution in [1.29, 1.82) is 0 Å². The fraction of sp³-hybridized carbons (Fsp3) is 0.923. The van der Waals surface area contributed by atoms with Crippen molar-refractivity contribution >= 4 is 5.91 Å². The van der Waals surface area contributed by atoms with Crippen LogP contribution in [0, 0.1) is 0 Å². The summed E-state index contributed by atoms with van der Waals surface area (Å²) in [4.78, 5) is 14.0.